The average molecular weight is 295 g/mol. The van der Waals surface area contributed by atoms with Crippen molar-refractivity contribution >= 4 is 17.6 Å². The second-order valence-electron chi connectivity index (χ2n) is 5.01. The maximum atomic E-state index is 13.4. The molecule has 1 unspecified atom stereocenters. The molecule has 2 rings (SSSR count). The molecule has 6 heteroatoms. The zero-order chi connectivity index (χ0) is 15.4. The summed E-state index contributed by atoms with van der Waals surface area (Å²) in [6.45, 7) is 3.27. The van der Waals surface area contributed by atoms with Gasteiger partial charge in [0, 0.05) is 18.8 Å². The average Bonchev–Trinajstić information content (AvgIpc) is 2.48. The van der Waals surface area contributed by atoms with Crippen molar-refractivity contribution in [2.45, 2.75) is 19.8 Å². The molecule has 0 spiro atoms. The van der Waals surface area contributed by atoms with E-state index in [9.17, 15) is 14.0 Å². The number of aromatic carboxylic acids is 1. The molecular formula is C15H18FNO4. The molecule has 5 nitrogen and oxygen atoms in total. The minimum Gasteiger partial charge on any atom is -0.478 e. The lowest BCUT2D eigenvalue weighted by Crippen LogP contribution is -2.39. The predicted octanol–water partition coefficient (Wildman–Crippen LogP) is 2.30. The van der Waals surface area contributed by atoms with Crippen LogP contribution in [0.2, 0.25) is 0 Å². The van der Waals surface area contributed by atoms with E-state index in [2.05, 4.69) is 0 Å². The number of benzene rings is 1. The number of carbonyl (C=O) groups is 2. The number of piperidine rings is 1. The van der Waals surface area contributed by atoms with Gasteiger partial charge in [-0.2, -0.15) is 0 Å². The summed E-state index contributed by atoms with van der Waals surface area (Å²) in [5, 5.41) is 8.97. The first-order valence-corrected chi connectivity index (χ1v) is 6.97. The Hall–Kier alpha value is -2.11. The van der Waals surface area contributed by atoms with E-state index in [0.29, 0.717) is 25.4 Å². The van der Waals surface area contributed by atoms with E-state index < -0.39 is 11.8 Å². The molecule has 1 saturated heterocycles. The van der Waals surface area contributed by atoms with Crippen molar-refractivity contribution in [2.75, 3.05) is 24.6 Å². The maximum absolute atomic E-state index is 13.4. The second-order valence-corrected chi connectivity index (χ2v) is 5.01. The lowest BCUT2D eigenvalue weighted by molar-refractivity contribution is -0.148. The predicted molar refractivity (Wildman–Crippen MR) is 74.9 cm³/mol. The molecular weight excluding hydrogens is 277 g/mol. The normalized spacial score (nSPS) is 18.4. The van der Waals surface area contributed by atoms with E-state index >= 15 is 0 Å². The van der Waals surface area contributed by atoms with Crippen LogP contribution in [-0.2, 0) is 9.53 Å². The third kappa shape index (κ3) is 3.51. The molecule has 1 atom stereocenters. The molecule has 0 bridgehead atoms. The number of hydrogen-bond acceptors (Lipinski definition) is 4. The van der Waals surface area contributed by atoms with Gasteiger partial charge in [0.25, 0.3) is 0 Å². The number of hydrogen-bond donors (Lipinski definition) is 1. The van der Waals surface area contributed by atoms with Gasteiger partial charge in [-0.3, -0.25) is 4.79 Å². The van der Waals surface area contributed by atoms with Crippen LogP contribution in [-0.4, -0.2) is 36.7 Å². The van der Waals surface area contributed by atoms with Crippen LogP contribution in [0.1, 0.15) is 30.1 Å². The van der Waals surface area contributed by atoms with Crippen LogP contribution in [0.25, 0.3) is 0 Å². The van der Waals surface area contributed by atoms with Crippen LogP contribution >= 0.6 is 0 Å². The summed E-state index contributed by atoms with van der Waals surface area (Å²) in [6, 6.07) is 3.99. The third-order valence-electron chi connectivity index (χ3n) is 3.59. The van der Waals surface area contributed by atoms with Crippen molar-refractivity contribution in [3.05, 3.63) is 29.6 Å². The Balaban J connectivity index is 2.16. The van der Waals surface area contributed by atoms with Crippen LogP contribution < -0.4 is 4.90 Å². The summed E-state index contributed by atoms with van der Waals surface area (Å²) in [7, 11) is 0. The summed E-state index contributed by atoms with van der Waals surface area (Å²) in [5.74, 6) is -2.52. The van der Waals surface area contributed by atoms with Gasteiger partial charge in [0.15, 0.2) is 0 Å². The lowest BCUT2D eigenvalue weighted by atomic mass is 9.97. The Morgan fingerprint density at radius 2 is 2.24 bits per heavy atom. The molecule has 1 aliphatic heterocycles. The first-order valence-electron chi connectivity index (χ1n) is 6.97. The Morgan fingerprint density at radius 1 is 1.48 bits per heavy atom. The van der Waals surface area contributed by atoms with Crippen molar-refractivity contribution in [1.82, 2.24) is 0 Å². The Morgan fingerprint density at radius 3 is 2.90 bits per heavy atom. The highest BCUT2D eigenvalue weighted by atomic mass is 19.1. The van der Waals surface area contributed by atoms with Gasteiger partial charge in [0.2, 0.25) is 0 Å². The summed E-state index contributed by atoms with van der Waals surface area (Å²) >= 11 is 0. The maximum Gasteiger partial charge on any atom is 0.338 e. The number of carboxylic acids is 1. The molecule has 1 aromatic rings. The van der Waals surface area contributed by atoms with Gasteiger partial charge >= 0.3 is 11.9 Å². The SMILES string of the molecule is CCOC(=O)C1CCCN(c2ccc(F)c(C(=O)O)c2)C1. The molecule has 0 aliphatic carbocycles. The van der Waals surface area contributed by atoms with E-state index in [1.807, 2.05) is 4.90 Å². The molecule has 21 heavy (non-hydrogen) atoms. The first-order chi connectivity index (χ1) is 10.0. The van der Waals surface area contributed by atoms with Crippen LogP contribution in [0.5, 0.6) is 0 Å². The number of halogens is 1. The molecule has 0 radical (unpaired) electrons. The zero-order valence-corrected chi connectivity index (χ0v) is 11.8. The standard InChI is InChI=1S/C15H18FNO4/c1-2-21-15(20)10-4-3-7-17(9-10)11-5-6-13(16)12(8-11)14(18)19/h5-6,8,10H,2-4,7,9H2,1H3,(H,18,19). The van der Waals surface area contributed by atoms with Gasteiger partial charge in [0.05, 0.1) is 18.1 Å². The molecule has 1 fully saturated rings. The van der Waals surface area contributed by atoms with Crippen molar-refractivity contribution < 1.29 is 23.8 Å². The number of rotatable bonds is 4. The topological polar surface area (TPSA) is 66.8 Å². The minimum atomic E-state index is -1.30. The monoisotopic (exact) mass is 295 g/mol. The van der Waals surface area contributed by atoms with Crippen molar-refractivity contribution in [1.29, 1.82) is 0 Å². The second kappa shape index (κ2) is 6.56. The van der Waals surface area contributed by atoms with E-state index in [1.54, 1.807) is 6.92 Å². The molecule has 1 N–H and O–H groups in total. The van der Waals surface area contributed by atoms with Gasteiger partial charge in [0.1, 0.15) is 5.82 Å². The molecule has 1 heterocycles. The number of ether oxygens (including phenoxy) is 1. The summed E-state index contributed by atoms with van der Waals surface area (Å²) in [6.07, 6.45) is 1.56. The molecule has 1 aliphatic rings. The van der Waals surface area contributed by atoms with E-state index in [-0.39, 0.29) is 17.5 Å². The van der Waals surface area contributed by atoms with Gasteiger partial charge < -0.3 is 14.7 Å². The van der Waals surface area contributed by atoms with Crippen LogP contribution in [0.3, 0.4) is 0 Å². The van der Waals surface area contributed by atoms with Gasteiger partial charge in [-0.1, -0.05) is 0 Å². The van der Waals surface area contributed by atoms with Gasteiger partial charge in [-0.05, 0) is 38.0 Å². The molecule has 0 aromatic heterocycles. The number of carbonyl (C=O) groups excluding carboxylic acids is 1. The molecule has 0 amide bonds. The minimum absolute atomic E-state index is 0.225. The summed E-state index contributed by atoms with van der Waals surface area (Å²) in [4.78, 5) is 24.7. The zero-order valence-electron chi connectivity index (χ0n) is 11.8. The molecule has 0 saturated carbocycles. The largest absolute Gasteiger partial charge is 0.478 e. The fourth-order valence-corrected chi connectivity index (χ4v) is 2.54. The first kappa shape index (κ1) is 15.3. The molecule has 1 aromatic carbocycles. The highest BCUT2D eigenvalue weighted by molar-refractivity contribution is 5.89. The van der Waals surface area contributed by atoms with Crippen LogP contribution in [0, 0.1) is 11.7 Å². The van der Waals surface area contributed by atoms with Gasteiger partial charge in [-0.15, -0.1) is 0 Å². The van der Waals surface area contributed by atoms with Gasteiger partial charge in [-0.25, -0.2) is 9.18 Å². The van der Waals surface area contributed by atoms with Crippen LogP contribution in [0.15, 0.2) is 18.2 Å². The highest BCUT2D eigenvalue weighted by Gasteiger charge is 2.27. The Kier molecular flexibility index (Phi) is 4.77. The van der Waals surface area contributed by atoms with Crippen molar-refractivity contribution in [3.63, 3.8) is 0 Å². The third-order valence-corrected chi connectivity index (χ3v) is 3.59. The summed E-state index contributed by atoms with van der Waals surface area (Å²) < 4.78 is 18.4. The van der Waals surface area contributed by atoms with E-state index in [4.69, 9.17) is 9.84 Å². The quantitative estimate of drug-likeness (QED) is 0.863. The molecule has 114 valence electrons. The smallest absolute Gasteiger partial charge is 0.338 e. The van der Waals surface area contributed by atoms with Crippen LogP contribution in [0.4, 0.5) is 10.1 Å². The number of carboxylic acid groups (broad SMARTS) is 1. The number of nitrogens with zero attached hydrogens (tertiary/aromatic N) is 1. The van der Waals surface area contributed by atoms with Crippen molar-refractivity contribution in [3.8, 4) is 0 Å². The van der Waals surface area contributed by atoms with E-state index in [1.165, 1.54) is 12.1 Å². The fourth-order valence-electron chi connectivity index (χ4n) is 2.54. The van der Waals surface area contributed by atoms with Crippen molar-refractivity contribution in [2.24, 2.45) is 5.92 Å². The number of anilines is 1. The summed E-state index contributed by atoms with van der Waals surface area (Å²) in [5.41, 5.74) is 0.258. The van der Waals surface area contributed by atoms with E-state index in [0.717, 1.165) is 18.9 Å². The Labute approximate surface area is 122 Å². The lowest BCUT2D eigenvalue weighted by Gasteiger charge is -2.33. The fraction of sp³-hybridized carbons (Fsp3) is 0.467. The highest BCUT2D eigenvalue weighted by Crippen LogP contribution is 2.25. The Bertz CT molecular complexity index is 546. The number of esters is 1.